The van der Waals surface area contributed by atoms with Crippen molar-refractivity contribution in [2.45, 2.75) is 0 Å². The molecular formula is C6H4ClFIN. The molecule has 0 spiro atoms. The van der Waals surface area contributed by atoms with E-state index in [2.05, 4.69) is 3.53 Å². The van der Waals surface area contributed by atoms with E-state index in [9.17, 15) is 4.39 Å². The first kappa shape index (κ1) is 8.07. The first-order chi connectivity index (χ1) is 4.74. The molecule has 0 aliphatic rings. The smallest absolute Gasteiger partial charge is 0.147 e. The van der Waals surface area contributed by atoms with Crippen molar-refractivity contribution >= 4 is 40.2 Å². The highest BCUT2D eigenvalue weighted by molar-refractivity contribution is 14.1. The van der Waals surface area contributed by atoms with E-state index in [1.807, 2.05) is 22.9 Å². The molecule has 0 saturated carbocycles. The molecule has 0 bridgehead atoms. The molecule has 0 saturated heterocycles. The van der Waals surface area contributed by atoms with Crippen molar-refractivity contribution in [3.05, 3.63) is 29.0 Å². The van der Waals surface area contributed by atoms with E-state index in [0.29, 0.717) is 10.7 Å². The number of nitrogens with one attached hydrogen (secondary N) is 1. The number of hydrogen-bond donors (Lipinski definition) is 1. The summed E-state index contributed by atoms with van der Waals surface area (Å²) >= 11 is 7.43. The zero-order chi connectivity index (χ0) is 7.56. The zero-order valence-corrected chi connectivity index (χ0v) is 7.78. The highest BCUT2D eigenvalue weighted by Crippen LogP contribution is 2.20. The maximum atomic E-state index is 12.6. The van der Waals surface area contributed by atoms with Crippen LogP contribution in [0.3, 0.4) is 0 Å². The molecule has 1 rings (SSSR count). The molecule has 0 unspecified atom stereocenters. The van der Waals surface area contributed by atoms with E-state index < -0.39 is 0 Å². The largest absolute Gasteiger partial charge is 0.326 e. The van der Waals surface area contributed by atoms with Gasteiger partial charge in [0.2, 0.25) is 0 Å². The lowest BCUT2D eigenvalue weighted by atomic mass is 10.3. The van der Waals surface area contributed by atoms with Crippen molar-refractivity contribution < 1.29 is 4.39 Å². The van der Waals surface area contributed by atoms with Crippen LogP contribution in [0.1, 0.15) is 0 Å². The lowest BCUT2D eigenvalue weighted by Crippen LogP contribution is -1.84. The van der Waals surface area contributed by atoms with Crippen molar-refractivity contribution in [3.8, 4) is 0 Å². The lowest BCUT2D eigenvalue weighted by molar-refractivity contribution is 0.633. The Morgan fingerprint density at radius 3 is 2.70 bits per heavy atom. The molecule has 54 valence electrons. The van der Waals surface area contributed by atoms with Crippen molar-refractivity contribution in [2.75, 3.05) is 3.53 Å². The number of halogens is 3. The predicted octanol–water partition coefficient (Wildman–Crippen LogP) is 3.24. The maximum Gasteiger partial charge on any atom is 0.147 e. The molecular weight excluding hydrogens is 267 g/mol. The molecule has 0 fully saturated rings. The van der Waals surface area contributed by atoms with Crippen LogP contribution in [-0.2, 0) is 0 Å². The van der Waals surface area contributed by atoms with Gasteiger partial charge in [0.1, 0.15) is 5.82 Å². The summed E-state index contributed by atoms with van der Waals surface area (Å²) in [4.78, 5) is 0. The fraction of sp³-hybridized carbons (Fsp3) is 0. The van der Waals surface area contributed by atoms with E-state index >= 15 is 0 Å². The molecule has 1 nitrogen and oxygen atoms in total. The lowest BCUT2D eigenvalue weighted by Gasteiger charge is -1.98. The number of anilines is 1. The van der Waals surface area contributed by atoms with E-state index in [0.717, 1.165) is 0 Å². The second-order valence-electron chi connectivity index (χ2n) is 1.72. The fourth-order valence-corrected chi connectivity index (χ4v) is 1.16. The predicted molar refractivity (Wildman–Crippen MR) is 49.1 cm³/mol. The van der Waals surface area contributed by atoms with Gasteiger partial charge in [-0.15, -0.1) is 0 Å². The van der Waals surface area contributed by atoms with Gasteiger partial charge in [-0.05, 0) is 18.2 Å². The molecule has 0 amide bonds. The average Bonchev–Trinajstić information content (AvgIpc) is 1.94. The Kier molecular flexibility index (Phi) is 2.73. The van der Waals surface area contributed by atoms with Gasteiger partial charge in [0.25, 0.3) is 0 Å². The van der Waals surface area contributed by atoms with Gasteiger partial charge in [0.05, 0.1) is 28.6 Å². The van der Waals surface area contributed by atoms with Gasteiger partial charge in [0.15, 0.2) is 0 Å². The molecule has 10 heavy (non-hydrogen) atoms. The van der Waals surface area contributed by atoms with Crippen LogP contribution in [0.25, 0.3) is 0 Å². The summed E-state index contributed by atoms with van der Waals surface area (Å²) in [5.41, 5.74) is 0.410. The maximum absolute atomic E-state index is 12.6. The van der Waals surface area contributed by atoms with Gasteiger partial charge >= 0.3 is 0 Å². The summed E-state index contributed by atoms with van der Waals surface area (Å²) in [7, 11) is 0. The van der Waals surface area contributed by atoms with Crippen LogP contribution >= 0.6 is 34.5 Å². The third-order valence-electron chi connectivity index (χ3n) is 1.03. The normalized spacial score (nSPS) is 9.50. The Morgan fingerprint density at radius 2 is 2.20 bits per heavy atom. The summed E-state index contributed by atoms with van der Waals surface area (Å²) in [6.07, 6.45) is 0. The molecule has 1 aromatic rings. The van der Waals surface area contributed by atoms with Gasteiger partial charge in [-0.2, -0.15) is 0 Å². The van der Waals surface area contributed by atoms with Crippen molar-refractivity contribution in [1.82, 2.24) is 0 Å². The highest BCUT2D eigenvalue weighted by atomic mass is 127. The summed E-state index contributed by atoms with van der Waals surface area (Å²) in [6, 6.07) is 4.36. The quantitative estimate of drug-likeness (QED) is 0.611. The Balaban J connectivity index is 3.09. The molecule has 4 heteroatoms. The standard InChI is InChI=1S/C6H4ClFIN/c7-4-1-2-5(8)6(3-4)10-9/h1-3,10H. The number of benzene rings is 1. The van der Waals surface area contributed by atoms with Crippen molar-refractivity contribution in [3.63, 3.8) is 0 Å². The van der Waals surface area contributed by atoms with Crippen LogP contribution in [0.15, 0.2) is 18.2 Å². The van der Waals surface area contributed by atoms with Crippen LogP contribution < -0.4 is 3.53 Å². The SMILES string of the molecule is Fc1ccc(Cl)cc1NI. The Labute approximate surface area is 77.1 Å². The van der Waals surface area contributed by atoms with E-state index in [1.54, 1.807) is 0 Å². The first-order valence-electron chi connectivity index (χ1n) is 2.55. The topological polar surface area (TPSA) is 12.0 Å². The van der Waals surface area contributed by atoms with Crippen molar-refractivity contribution in [1.29, 1.82) is 0 Å². The highest BCUT2D eigenvalue weighted by Gasteiger charge is 1.98. The Hall–Kier alpha value is -0.0300. The minimum absolute atomic E-state index is 0.293. The third kappa shape index (κ3) is 1.73. The summed E-state index contributed by atoms with van der Waals surface area (Å²) < 4.78 is 15.3. The van der Waals surface area contributed by atoms with Gasteiger partial charge in [-0.25, -0.2) is 4.39 Å². The summed E-state index contributed by atoms with van der Waals surface area (Å²) in [6.45, 7) is 0. The van der Waals surface area contributed by atoms with Gasteiger partial charge in [0, 0.05) is 5.02 Å². The van der Waals surface area contributed by atoms with Gasteiger partial charge in [-0.1, -0.05) is 11.6 Å². The summed E-state index contributed by atoms with van der Waals surface area (Å²) in [5.74, 6) is -0.293. The third-order valence-corrected chi connectivity index (χ3v) is 1.85. The monoisotopic (exact) mass is 271 g/mol. The second-order valence-corrected chi connectivity index (χ2v) is 2.69. The molecule has 0 aromatic heterocycles. The Morgan fingerprint density at radius 1 is 1.50 bits per heavy atom. The molecule has 1 N–H and O–H groups in total. The van der Waals surface area contributed by atoms with Crippen molar-refractivity contribution in [2.24, 2.45) is 0 Å². The van der Waals surface area contributed by atoms with Crippen LogP contribution in [0.4, 0.5) is 10.1 Å². The molecule has 0 radical (unpaired) electrons. The van der Waals surface area contributed by atoms with Crippen LogP contribution in [0, 0.1) is 5.82 Å². The minimum atomic E-state index is -0.293. The number of rotatable bonds is 1. The summed E-state index contributed by atoms with van der Waals surface area (Å²) in [5, 5.41) is 0.528. The zero-order valence-electron chi connectivity index (χ0n) is 4.87. The van der Waals surface area contributed by atoms with Crippen LogP contribution in [0.5, 0.6) is 0 Å². The van der Waals surface area contributed by atoms with E-state index in [1.165, 1.54) is 18.2 Å². The van der Waals surface area contributed by atoms with E-state index in [-0.39, 0.29) is 5.82 Å². The minimum Gasteiger partial charge on any atom is -0.326 e. The van der Waals surface area contributed by atoms with E-state index in [4.69, 9.17) is 11.6 Å². The molecule has 0 aliphatic carbocycles. The fourth-order valence-electron chi connectivity index (χ4n) is 0.570. The molecule has 0 aliphatic heterocycles. The first-order valence-corrected chi connectivity index (χ1v) is 4.01. The van der Waals surface area contributed by atoms with Gasteiger partial charge < -0.3 is 3.53 Å². The molecule has 0 heterocycles. The number of hydrogen-bond acceptors (Lipinski definition) is 1. The van der Waals surface area contributed by atoms with Crippen LogP contribution in [0.2, 0.25) is 5.02 Å². The van der Waals surface area contributed by atoms with Gasteiger partial charge in [-0.3, -0.25) is 0 Å². The Bertz CT molecular complexity index is 241. The second kappa shape index (κ2) is 3.39. The molecule has 0 atom stereocenters. The molecule has 1 aromatic carbocycles. The van der Waals surface area contributed by atoms with Crippen LogP contribution in [-0.4, -0.2) is 0 Å². The average molecular weight is 271 g/mol.